The highest BCUT2D eigenvalue weighted by Gasteiger charge is 2.20. The Balaban J connectivity index is 0.00000400. The number of hydrogen-bond donors (Lipinski definition) is 2. The lowest BCUT2D eigenvalue weighted by atomic mass is 9.94. The molecule has 0 unspecified atom stereocenters. The van der Waals surface area contributed by atoms with Gasteiger partial charge in [0.25, 0.3) is 0 Å². The Morgan fingerprint density at radius 1 is 1.24 bits per heavy atom. The Hall–Kier alpha value is -1.10. The molecule has 21 heavy (non-hydrogen) atoms. The summed E-state index contributed by atoms with van der Waals surface area (Å²) in [6, 6.07) is 9.93. The summed E-state index contributed by atoms with van der Waals surface area (Å²) in [6.45, 7) is 5.57. The van der Waals surface area contributed by atoms with Crippen molar-refractivity contribution in [3.63, 3.8) is 0 Å². The number of carbonyl (C=O) groups is 1. The molecule has 0 aromatic heterocycles. The number of ether oxygens (including phenoxy) is 1. The average molecular weight is 315 g/mol. The van der Waals surface area contributed by atoms with Crippen molar-refractivity contribution in [2.75, 3.05) is 13.2 Å². The molecule has 1 aromatic rings. The molecule has 0 radical (unpaired) electrons. The first-order chi connectivity index (χ1) is 9.59. The molecular formula is C16H27ClN2O2. The second kappa shape index (κ2) is 10.6. The van der Waals surface area contributed by atoms with E-state index in [9.17, 15) is 4.79 Å². The van der Waals surface area contributed by atoms with Gasteiger partial charge in [-0.25, -0.2) is 0 Å². The predicted octanol–water partition coefficient (Wildman–Crippen LogP) is 2.65. The summed E-state index contributed by atoms with van der Waals surface area (Å²) in [6.07, 6.45) is 2.08. The minimum absolute atomic E-state index is 0. The molecule has 0 aliphatic carbocycles. The van der Waals surface area contributed by atoms with Crippen LogP contribution >= 0.6 is 12.4 Å². The molecule has 0 aliphatic rings. The molecule has 1 rings (SSSR count). The monoisotopic (exact) mass is 314 g/mol. The van der Waals surface area contributed by atoms with E-state index in [0.29, 0.717) is 26.2 Å². The van der Waals surface area contributed by atoms with Gasteiger partial charge in [-0.1, -0.05) is 44.2 Å². The van der Waals surface area contributed by atoms with Gasteiger partial charge < -0.3 is 15.8 Å². The second-order valence-electron chi connectivity index (χ2n) is 5.13. The summed E-state index contributed by atoms with van der Waals surface area (Å²) < 4.78 is 5.48. The molecule has 3 N–H and O–H groups in total. The van der Waals surface area contributed by atoms with Crippen LogP contribution in [0.3, 0.4) is 0 Å². The first-order valence-corrected chi connectivity index (χ1v) is 7.27. The molecule has 1 aromatic carbocycles. The molecule has 0 fully saturated rings. The van der Waals surface area contributed by atoms with E-state index in [1.165, 1.54) is 0 Å². The Bertz CT molecular complexity index is 395. The van der Waals surface area contributed by atoms with E-state index in [1.54, 1.807) is 0 Å². The largest absolute Gasteiger partial charge is 0.376 e. The van der Waals surface area contributed by atoms with Gasteiger partial charge in [-0.05, 0) is 18.4 Å². The second-order valence-corrected chi connectivity index (χ2v) is 5.13. The fourth-order valence-corrected chi connectivity index (χ4v) is 1.79. The van der Waals surface area contributed by atoms with Crippen molar-refractivity contribution in [1.29, 1.82) is 0 Å². The van der Waals surface area contributed by atoms with Crippen molar-refractivity contribution in [3.8, 4) is 0 Å². The number of rotatable bonds is 9. The summed E-state index contributed by atoms with van der Waals surface area (Å²) in [5.41, 5.74) is 6.96. The highest BCUT2D eigenvalue weighted by Crippen LogP contribution is 2.09. The third-order valence-corrected chi connectivity index (χ3v) is 3.63. The maximum absolute atomic E-state index is 11.7. The number of nitrogens with two attached hydrogens (primary N) is 1. The van der Waals surface area contributed by atoms with Gasteiger partial charge in [-0.2, -0.15) is 0 Å². The lowest BCUT2D eigenvalue weighted by Crippen LogP contribution is -2.49. The van der Waals surface area contributed by atoms with Gasteiger partial charge in [0.15, 0.2) is 0 Å². The van der Waals surface area contributed by atoms with Gasteiger partial charge in [0.1, 0.15) is 0 Å². The van der Waals surface area contributed by atoms with Crippen LogP contribution in [0.5, 0.6) is 0 Å². The third-order valence-electron chi connectivity index (χ3n) is 3.63. The predicted molar refractivity (Wildman–Crippen MR) is 88.5 cm³/mol. The third kappa shape index (κ3) is 8.05. The van der Waals surface area contributed by atoms with Crippen LogP contribution in [0.2, 0.25) is 0 Å². The minimum Gasteiger partial charge on any atom is -0.376 e. The summed E-state index contributed by atoms with van der Waals surface area (Å²) >= 11 is 0. The van der Waals surface area contributed by atoms with Crippen molar-refractivity contribution in [3.05, 3.63) is 35.9 Å². The van der Waals surface area contributed by atoms with E-state index in [1.807, 2.05) is 44.2 Å². The quantitative estimate of drug-likeness (QED) is 0.689. The van der Waals surface area contributed by atoms with Gasteiger partial charge in [-0.15, -0.1) is 12.4 Å². The van der Waals surface area contributed by atoms with E-state index < -0.39 is 0 Å². The standard InChI is InChI=1S/C16H26N2O2.ClH/c1-3-16(17,4-2)13-18-15(19)10-11-20-12-14-8-6-5-7-9-14;/h5-9H,3-4,10-13,17H2,1-2H3,(H,18,19);1H. The molecule has 1 amide bonds. The van der Waals surface area contributed by atoms with Crippen LogP contribution in [-0.4, -0.2) is 24.6 Å². The van der Waals surface area contributed by atoms with Gasteiger partial charge in [0.2, 0.25) is 5.91 Å². The first-order valence-electron chi connectivity index (χ1n) is 7.27. The van der Waals surface area contributed by atoms with Crippen LogP contribution < -0.4 is 11.1 Å². The van der Waals surface area contributed by atoms with E-state index in [0.717, 1.165) is 18.4 Å². The molecule has 0 aliphatic heterocycles. The number of nitrogens with one attached hydrogen (secondary N) is 1. The normalized spacial score (nSPS) is 10.8. The fourth-order valence-electron chi connectivity index (χ4n) is 1.79. The highest BCUT2D eigenvalue weighted by molar-refractivity contribution is 5.85. The molecule has 0 saturated heterocycles. The summed E-state index contributed by atoms with van der Waals surface area (Å²) in [5.74, 6) is -0.00483. The summed E-state index contributed by atoms with van der Waals surface area (Å²) in [4.78, 5) is 11.7. The van der Waals surface area contributed by atoms with Crippen molar-refractivity contribution in [1.82, 2.24) is 5.32 Å². The van der Waals surface area contributed by atoms with Crippen molar-refractivity contribution in [2.45, 2.75) is 45.3 Å². The smallest absolute Gasteiger partial charge is 0.222 e. The maximum atomic E-state index is 11.7. The van der Waals surface area contributed by atoms with Gasteiger partial charge in [-0.3, -0.25) is 4.79 Å². The maximum Gasteiger partial charge on any atom is 0.222 e. The van der Waals surface area contributed by atoms with E-state index in [4.69, 9.17) is 10.5 Å². The SMILES string of the molecule is CCC(N)(CC)CNC(=O)CCOCc1ccccc1.Cl. The highest BCUT2D eigenvalue weighted by atomic mass is 35.5. The molecule has 0 heterocycles. The molecule has 0 atom stereocenters. The van der Waals surface area contributed by atoms with Crippen molar-refractivity contribution < 1.29 is 9.53 Å². The topological polar surface area (TPSA) is 64.3 Å². The lowest BCUT2D eigenvalue weighted by Gasteiger charge is -2.26. The Morgan fingerprint density at radius 2 is 1.86 bits per heavy atom. The van der Waals surface area contributed by atoms with Crippen LogP contribution in [-0.2, 0) is 16.1 Å². The van der Waals surface area contributed by atoms with Crippen LogP contribution in [0.1, 0.15) is 38.7 Å². The number of carbonyl (C=O) groups excluding carboxylic acids is 1. The number of hydrogen-bond acceptors (Lipinski definition) is 3. The molecule has 5 heteroatoms. The van der Waals surface area contributed by atoms with Gasteiger partial charge in [0, 0.05) is 18.5 Å². The van der Waals surface area contributed by atoms with Gasteiger partial charge >= 0.3 is 0 Å². The van der Waals surface area contributed by atoms with Gasteiger partial charge in [0.05, 0.1) is 13.2 Å². The zero-order chi connectivity index (χ0) is 14.8. The molecule has 4 nitrogen and oxygen atoms in total. The lowest BCUT2D eigenvalue weighted by molar-refractivity contribution is -0.122. The van der Waals surface area contributed by atoms with E-state index >= 15 is 0 Å². The average Bonchev–Trinajstić information content (AvgIpc) is 2.50. The zero-order valence-corrected chi connectivity index (χ0v) is 13.7. The first kappa shape index (κ1) is 19.9. The van der Waals surface area contributed by atoms with Crippen LogP contribution in [0.4, 0.5) is 0 Å². The zero-order valence-electron chi connectivity index (χ0n) is 12.9. The Kier molecular flexibility index (Phi) is 10.0. The van der Waals surface area contributed by atoms with Crippen molar-refractivity contribution >= 4 is 18.3 Å². The molecule has 0 spiro atoms. The molecular weight excluding hydrogens is 288 g/mol. The Labute approximate surface area is 133 Å². The molecule has 0 bridgehead atoms. The number of amides is 1. The number of benzene rings is 1. The molecule has 120 valence electrons. The van der Waals surface area contributed by atoms with Crippen LogP contribution in [0.25, 0.3) is 0 Å². The number of halogens is 1. The van der Waals surface area contributed by atoms with Crippen molar-refractivity contribution in [2.24, 2.45) is 5.73 Å². The fraction of sp³-hybridized carbons (Fsp3) is 0.562. The van der Waals surface area contributed by atoms with Crippen LogP contribution in [0, 0.1) is 0 Å². The Morgan fingerprint density at radius 3 is 2.43 bits per heavy atom. The van der Waals surface area contributed by atoms with E-state index in [-0.39, 0.29) is 23.9 Å². The van der Waals surface area contributed by atoms with E-state index in [2.05, 4.69) is 5.32 Å². The summed E-state index contributed by atoms with van der Waals surface area (Å²) in [7, 11) is 0. The summed E-state index contributed by atoms with van der Waals surface area (Å²) in [5, 5.41) is 2.88. The van der Waals surface area contributed by atoms with Crippen LogP contribution in [0.15, 0.2) is 30.3 Å². The minimum atomic E-state index is -0.291. The molecule has 0 saturated carbocycles.